The standard InChI is InChI=1S/C16H22N4O.ClH/c1-13-11-15(19-18-13)12-16(21)20(10-8-17)9-7-14-5-3-2-4-6-14;/h2-6,11H,7-10,12,17H2,1H3,(H,18,19);1H. The Morgan fingerprint density at radius 1 is 1.27 bits per heavy atom. The molecule has 1 amide bonds. The van der Waals surface area contributed by atoms with Crippen molar-refractivity contribution in [2.45, 2.75) is 19.8 Å². The van der Waals surface area contributed by atoms with Crippen LogP contribution in [0.5, 0.6) is 0 Å². The van der Waals surface area contributed by atoms with E-state index >= 15 is 0 Å². The number of aromatic nitrogens is 2. The summed E-state index contributed by atoms with van der Waals surface area (Å²) in [5.41, 5.74) is 8.59. The largest absolute Gasteiger partial charge is 0.341 e. The molecule has 0 fully saturated rings. The number of carbonyl (C=O) groups is 1. The van der Waals surface area contributed by atoms with Gasteiger partial charge in [-0.1, -0.05) is 30.3 Å². The Labute approximate surface area is 137 Å². The molecule has 0 saturated carbocycles. The number of nitrogens with one attached hydrogen (secondary N) is 1. The average Bonchev–Trinajstić information content (AvgIpc) is 2.89. The summed E-state index contributed by atoms with van der Waals surface area (Å²) in [5.74, 6) is 0.0721. The van der Waals surface area contributed by atoms with Crippen molar-refractivity contribution in [3.05, 3.63) is 53.3 Å². The summed E-state index contributed by atoms with van der Waals surface area (Å²) in [6, 6.07) is 12.1. The monoisotopic (exact) mass is 322 g/mol. The van der Waals surface area contributed by atoms with Gasteiger partial charge in [-0.05, 0) is 25.0 Å². The zero-order chi connectivity index (χ0) is 15.1. The van der Waals surface area contributed by atoms with E-state index < -0.39 is 0 Å². The van der Waals surface area contributed by atoms with Crippen LogP contribution in [0.25, 0.3) is 0 Å². The van der Waals surface area contributed by atoms with Gasteiger partial charge in [0.05, 0.1) is 12.1 Å². The van der Waals surface area contributed by atoms with E-state index in [9.17, 15) is 4.79 Å². The normalized spacial score (nSPS) is 10.1. The van der Waals surface area contributed by atoms with Gasteiger partial charge in [-0.3, -0.25) is 9.89 Å². The average molecular weight is 323 g/mol. The maximum absolute atomic E-state index is 12.3. The van der Waals surface area contributed by atoms with Crippen LogP contribution in [-0.4, -0.2) is 40.6 Å². The highest BCUT2D eigenvalue weighted by atomic mass is 35.5. The van der Waals surface area contributed by atoms with E-state index in [1.165, 1.54) is 5.56 Å². The Morgan fingerprint density at radius 3 is 2.59 bits per heavy atom. The van der Waals surface area contributed by atoms with Crippen LogP contribution in [0.3, 0.4) is 0 Å². The highest BCUT2D eigenvalue weighted by Gasteiger charge is 2.14. The molecule has 1 aromatic heterocycles. The molecule has 5 nitrogen and oxygen atoms in total. The first-order chi connectivity index (χ1) is 10.2. The van der Waals surface area contributed by atoms with Gasteiger partial charge in [-0.2, -0.15) is 5.10 Å². The topological polar surface area (TPSA) is 75.0 Å². The van der Waals surface area contributed by atoms with Gasteiger partial charge < -0.3 is 10.6 Å². The van der Waals surface area contributed by atoms with Gasteiger partial charge in [0.1, 0.15) is 0 Å². The van der Waals surface area contributed by atoms with Crippen molar-refractivity contribution in [3.63, 3.8) is 0 Å². The highest BCUT2D eigenvalue weighted by molar-refractivity contribution is 5.85. The summed E-state index contributed by atoms with van der Waals surface area (Å²) in [4.78, 5) is 14.2. The number of benzene rings is 1. The Balaban J connectivity index is 0.00000242. The molecule has 1 aromatic carbocycles. The Hall–Kier alpha value is -1.85. The van der Waals surface area contributed by atoms with Crippen LogP contribution in [0.15, 0.2) is 36.4 Å². The number of nitrogens with two attached hydrogens (primary N) is 1. The third kappa shape index (κ3) is 5.50. The molecule has 0 radical (unpaired) electrons. The number of aryl methyl sites for hydroxylation is 1. The number of hydrogen-bond acceptors (Lipinski definition) is 3. The van der Waals surface area contributed by atoms with Crippen molar-refractivity contribution in [1.82, 2.24) is 15.1 Å². The molecule has 0 bridgehead atoms. The molecule has 0 aliphatic rings. The second kappa shape index (κ2) is 9.23. The Morgan fingerprint density at radius 2 is 2.00 bits per heavy atom. The molecule has 3 N–H and O–H groups in total. The molecule has 120 valence electrons. The highest BCUT2D eigenvalue weighted by Crippen LogP contribution is 2.05. The van der Waals surface area contributed by atoms with E-state index in [-0.39, 0.29) is 18.3 Å². The van der Waals surface area contributed by atoms with Gasteiger partial charge in [0, 0.05) is 25.3 Å². The maximum atomic E-state index is 12.3. The predicted octanol–water partition coefficient (Wildman–Crippen LogP) is 1.71. The second-order valence-electron chi connectivity index (χ2n) is 5.12. The number of hydrogen-bond donors (Lipinski definition) is 2. The van der Waals surface area contributed by atoms with Crippen molar-refractivity contribution in [2.75, 3.05) is 19.6 Å². The number of H-pyrrole nitrogens is 1. The van der Waals surface area contributed by atoms with Gasteiger partial charge in [-0.25, -0.2) is 0 Å². The first-order valence-electron chi connectivity index (χ1n) is 7.21. The lowest BCUT2D eigenvalue weighted by molar-refractivity contribution is -0.130. The lowest BCUT2D eigenvalue weighted by Gasteiger charge is -2.21. The molecule has 0 spiro atoms. The van der Waals surface area contributed by atoms with E-state index in [1.54, 1.807) is 0 Å². The van der Waals surface area contributed by atoms with Crippen LogP contribution in [0.4, 0.5) is 0 Å². The lowest BCUT2D eigenvalue weighted by Crippen LogP contribution is -2.37. The summed E-state index contributed by atoms with van der Waals surface area (Å²) < 4.78 is 0. The van der Waals surface area contributed by atoms with Gasteiger partial charge >= 0.3 is 0 Å². The summed E-state index contributed by atoms with van der Waals surface area (Å²) in [5, 5.41) is 6.97. The van der Waals surface area contributed by atoms with Gasteiger partial charge in [0.25, 0.3) is 0 Å². The first kappa shape index (κ1) is 18.2. The van der Waals surface area contributed by atoms with Crippen molar-refractivity contribution in [1.29, 1.82) is 0 Å². The molecule has 22 heavy (non-hydrogen) atoms. The summed E-state index contributed by atoms with van der Waals surface area (Å²) in [6.45, 7) is 3.66. The number of carbonyl (C=O) groups excluding carboxylic acids is 1. The third-order valence-electron chi connectivity index (χ3n) is 3.36. The lowest BCUT2D eigenvalue weighted by atomic mass is 10.1. The van der Waals surface area contributed by atoms with Gasteiger partial charge in [0.15, 0.2) is 0 Å². The van der Waals surface area contributed by atoms with Crippen LogP contribution in [0, 0.1) is 6.92 Å². The molecule has 0 aliphatic carbocycles. The van der Waals surface area contributed by atoms with E-state index in [0.717, 1.165) is 17.8 Å². The molecule has 0 unspecified atom stereocenters. The Bertz CT molecular complexity index is 571. The van der Waals surface area contributed by atoms with Crippen LogP contribution in [0.2, 0.25) is 0 Å². The van der Waals surface area contributed by atoms with E-state index in [4.69, 9.17) is 5.73 Å². The van der Waals surface area contributed by atoms with Gasteiger partial charge in [0.2, 0.25) is 5.91 Å². The third-order valence-corrected chi connectivity index (χ3v) is 3.36. The molecule has 1 heterocycles. The Kier molecular flexibility index (Phi) is 7.63. The predicted molar refractivity (Wildman–Crippen MR) is 90.1 cm³/mol. The summed E-state index contributed by atoms with van der Waals surface area (Å²) >= 11 is 0. The van der Waals surface area contributed by atoms with Crippen LogP contribution >= 0.6 is 12.4 Å². The molecular formula is C16H23ClN4O. The number of rotatable bonds is 7. The summed E-state index contributed by atoms with van der Waals surface area (Å²) in [6.07, 6.45) is 1.16. The van der Waals surface area contributed by atoms with Crippen LogP contribution in [0.1, 0.15) is 17.0 Å². The zero-order valence-corrected chi connectivity index (χ0v) is 13.6. The molecule has 2 rings (SSSR count). The minimum Gasteiger partial charge on any atom is -0.341 e. The van der Waals surface area contributed by atoms with Crippen molar-refractivity contribution in [2.24, 2.45) is 5.73 Å². The fraction of sp³-hybridized carbons (Fsp3) is 0.375. The fourth-order valence-corrected chi connectivity index (χ4v) is 2.26. The first-order valence-corrected chi connectivity index (χ1v) is 7.21. The van der Waals surface area contributed by atoms with Gasteiger partial charge in [-0.15, -0.1) is 12.4 Å². The molecule has 0 atom stereocenters. The fourth-order valence-electron chi connectivity index (χ4n) is 2.26. The van der Waals surface area contributed by atoms with E-state index in [2.05, 4.69) is 22.3 Å². The quantitative estimate of drug-likeness (QED) is 0.815. The number of aromatic amines is 1. The van der Waals surface area contributed by atoms with Crippen molar-refractivity contribution < 1.29 is 4.79 Å². The van der Waals surface area contributed by atoms with Crippen molar-refractivity contribution in [3.8, 4) is 0 Å². The molecule has 0 aliphatic heterocycles. The number of amides is 1. The van der Waals surface area contributed by atoms with Crippen molar-refractivity contribution >= 4 is 18.3 Å². The van der Waals surface area contributed by atoms with Crippen LogP contribution in [-0.2, 0) is 17.6 Å². The van der Waals surface area contributed by atoms with Crippen LogP contribution < -0.4 is 5.73 Å². The minimum atomic E-state index is 0. The zero-order valence-electron chi connectivity index (χ0n) is 12.8. The number of nitrogens with zero attached hydrogens (tertiary/aromatic N) is 2. The summed E-state index contributed by atoms with van der Waals surface area (Å²) in [7, 11) is 0. The molecular weight excluding hydrogens is 300 g/mol. The molecule has 6 heteroatoms. The van der Waals surface area contributed by atoms with E-state index in [0.29, 0.717) is 26.1 Å². The second-order valence-corrected chi connectivity index (χ2v) is 5.12. The molecule has 2 aromatic rings. The maximum Gasteiger partial charge on any atom is 0.228 e. The molecule has 0 saturated heterocycles. The minimum absolute atomic E-state index is 0. The van der Waals surface area contributed by atoms with E-state index in [1.807, 2.05) is 36.1 Å². The SMILES string of the molecule is Cc1cc(CC(=O)N(CCN)CCc2ccccc2)n[nH]1.Cl. The number of halogens is 1. The smallest absolute Gasteiger partial charge is 0.228 e.